The number of hydrogen-bond donors (Lipinski definition) is 0. The van der Waals surface area contributed by atoms with Crippen LogP contribution in [0.25, 0.3) is 0 Å². The Labute approximate surface area is 113 Å². The van der Waals surface area contributed by atoms with E-state index < -0.39 is 15.7 Å². The van der Waals surface area contributed by atoms with E-state index in [1.165, 1.54) is 12.1 Å². The number of benzene rings is 1. The zero-order valence-corrected chi connectivity index (χ0v) is 12.1. The fraction of sp³-hybridized carbons (Fsp3) is 0.538. The number of ether oxygens (including phenoxy) is 1. The fourth-order valence-electron chi connectivity index (χ4n) is 2.35. The molecule has 2 rings (SSSR count). The molecule has 2 atom stereocenters. The number of anilines is 1. The lowest BCUT2D eigenvalue weighted by atomic mass is 10.2. The highest BCUT2D eigenvalue weighted by Gasteiger charge is 2.24. The third-order valence-corrected chi connectivity index (χ3v) is 4.22. The first-order valence-corrected chi connectivity index (χ1v) is 8.06. The molecule has 0 N–H and O–H groups in total. The van der Waals surface area contributed by atoms with Crippen molar-refractivity contribution in [3.8, 4) is 0 Å². The van der Waals surface area contributed by atoms with Crippen LogP contribution in [-0.2, 0) is 14.6 Å². The van der Waals surface area contributed by atoms with E-state index in [1.807, 2.05) is 18.7 Å². The van der Waals surface area contributed by atoms with Crippen LogP contribution in [0.15, 0.2) is 23.1 Å². The van der Waals surface area contributed by atoms with Gasteiger partial charge in [0.1, 0.15) is 5.82 Å². The minimum atomic E-state index is -3.38. The molecule has 1 fully saturated rings. The van der Waals surface area contributed by atoms with Crippen molar-refractivity contribution in [1.82, 2.24) is 0 Å². The third kappa shape index (κ3) is 3.25. The third-order valence-electron chi connectivity index (χ3n) is 3.11. The van der Waals surface area contributed by atoms with Crippen LogP contribution in [0.5, 0.6) is 0 Å². The van der Waals surface area contributed by atoms with Crippen molar-refractivity contribution in [2.75, 3.05) is 24.2 Å². The normalized spacial score (nSPS) is 24.5. The van der Waals surface area contributed by atoms with Crippen molar-refractivity contribution in [2.45, 2.75) is 31.0 Å². The molecule has 1 aromatic rings. The standard InChI is InChI=1S/C13H18FNO3S/c1-9-7-15(8-10(2)18-9)13-5-4-11(6-12(13)14)19(3,16)17/h4-6,9-10H,7-8H2,1-3H3. The number of halogens is 1. The molecule has 1 aromatic carbocycles. The zero-order chi connectivity index (χ0) is 14.2. The van der Waals surface area contributed by atoms with Crippen molar-refractivity contribution in [1.29, 1.82) is 0 Å². The van der Waals surface area contributed by atoms with Crippen LogP contribution < -0.4 is 4.90 Å². The zero-order valence-electron chi connectivity index (χ0n) is 11.3. The summed E-state index contributed by atoms with van der Waals surface area (Å²) in [6.45, 7) is 5.07. The Kier molecular flexibility index (Phi) is 3.82. The van der Waals surface area contributed by atoms with Gasteiger partial charge in [-0.1, -0.05) is 0 Å². The number of hydrogen-bond acceptors (Lipinski definition) is 4. The van der Waals surface area contributed by atoms with Crippen molar-refractivity contribution < 1.29 is 17.5 Å². The lowest BCUT2D eigenvalue weighted by Crippen LogP contribution is -2.45. The summed E-state index contributed by atoms with van der Waals surface area (Å²) in [5.41, 5.74) is 0.425. The number of morpholine rings is 1. The van der Waals surface area contributed by atoms with Crippen molar-refractivity contribution >= 4 is 15.5 Å². The van der Waals surface area contributed by atoms with Crippen LogP contribution >= 0.6 is 0 Å². The van der Waals surface area contributed by atoms with Gasteiger partial charge in [-0.25, -0.2) is 12.8 Å². The van der Waals surface area contributed by atoms with Crippen molar-refractivity contribution in [3.05, 3.63) is 24.0 Å². The summed E-state index contributed by atoms with van der Waals surface area (Å²) >= 11 is 0. The summed E-state index contributed by atoms with van der Waals surface area (Å²) in [5, 5.41) is 0. The summed E-state index contributed by atoms with van der Waals surface area (Å²) in [5.74, 6) is -0.510. The van der Waals surface area contributed by atoms with E-state index in [0.717, 1.165) is 12.3 Å². The molecule has 0 amide bonds. The van der Waals surface area contributed by atoms with E-state index >= 15 is 0 Å². The molecule has 0 aromatic heterocycles. The predicted octanol–water partition coefficient (Wildman–Crippen LogP) is 1.84. The highest BCUT2D eigenvalue weighted by molar-refractivity contribution is 7.90. The molecule has 19 heavy (non-hydrogen) atoms. The molecule has 0 bridgehead atoms. The van der Waals surface area contributed by atoms with Gasteiger partial charge in [0, 0.05) is 19.3 Å². The van der Waals surface area contributed by atoms with Crippen LogP contribution in [0.2, 0.25) is 0 Å². The maximum absolute atomic E-state index is 14.1. The van der Waals surface area contributed by atoms with Gasteiger partial charge in [-0.2, -0.15) is 0 Å². The quantitative estimate of drug-likeness (QED) is 0.833. The Balaban J connectivity index is 2.31. The lowest BCUT2D eigenvalue weighted by molar-refractivity contribution is -0.00539. The smallest absolute Gasteiger partial charge is 0.175 e. The summed E-state index contributed by atoms with van der Waals surface area (Å²) in [6.07, 6.45) is 1.12. The maximum atomic E-state index is 14.1. The lowest BCUT2D eigenvalue weighted by Gasteiger charge is -2.37. The second-order valence-corrected chi connectivity index (χ2v) is 7.06. The Hall–Kier alpha value is -1.14. The van der Waals surface area contributed by atoms with E-state index in [2.05, 4.69) is 0 Å². The average Bonchev–Trinajstić information content (AvgIpc) is 2.26. The number of sulfone groups is 1. The van der Waals surface area contributed by atoms with E-state index in [0.29, 0.717) is 18.8 Å². The Morgan fingerprint density at radius 3 is 2.32 bits per heavy atom. The topological polar surface area (TPSA) is 46.6 Å². The highest BCUT2D eigenvalue weighted by atomic mass is 32.2. The molecule has 4 nitrogen and oxygen atoms in total. The minimum Gasteiger partial charge on any atom is -0.372 e. The Morgan fingerprint density at radius 1 is 1.26 bits per heavy atom. The minimum absolute atomic E-state index is 0.00288. The largest absolute Gasteiger partial charge is 0.372 e. The molecule has 0 spiro atoms. The first kappa shape index (κ1) is 14.3. The summed E-state index contributed by atoms with van der Waals surface area (Å²) in [6, 6.07) is 4.05. The monoisotopic (exact) mass is 287 g/mol. The SMILES string of the molecule is CC1CN(c2ccc(S(C)(=O)=O)cc2F)CC(C)O1. The Bertz CT molecular complexity index is 563. The van der Waals surface area contributed by atoms with Gasteiger partial charge < -0.3 is 9.64 Å². The van der Waals surface area contributed by atoms with Gasteiger partial charge in [0.15, 0.2) is 9.84 Å². The molecular weight excluding hydrogens is 269 g/mol. The maximum Gasteiger partial charge on any atom is 0.175 e. The molecule has 0 saturated carbocycles. The molecular formula is C13H18FNO3S. The van der Waals surface area contributed by atoms with E-state index in [9.17, 15) is 12.8 Å². The van der Waals surface area contributed by atoms with Crippen LogP contribution in [0.1, 0.15) is 13.8 Å². The predicted molar refractivity (Wildman–Crippen MR) is 71.7 cm³/mol. The molecule has 1 aliphatic rings. The second kappa shape index (κ2) is 5.09. The van der Waals surface area contributed by atoms with Gasteiger partial charge in [0.25, 0.3) is 0 Å². The van der Waals surface area contributed by atoms with Gasteiger partial charge >= 0.3 is 0 Å². The summed E-state index contributed by atoms with van der Waals surface area (Å²) in [7, 11) is -3.38. The van der Waals surface area contributed by atoms with Crippen LogP contribution in [0.3, 0.4) is 0 Å². The fourth-order valence-corrected chi connectivity index (χ4v) is 2.98. The van der Waals surface area contributed by atoms with E-state index in [1.54, 1.807) is 0 Å². The average molecular weight is 287 g/mol. The molecule has 1 aliphatic heterocycles. The Morgan fingerprint density at radius 2 is 1.84 bits per heavy atom. The summed E-state index contributed by atoms with van der Waals surface area (Å²) < 4.78 is 42.4. The van der Waals surface area contributed by atoms with E-state index in [-0.39, 0.29) is 17.1 Å². The van der Waals surface area contributed by atoms with Gasteiger partial charge in [0.2, 0.25) is 0 Å². The molecule has 0 radical (unpaired) electrons. The van der Waals surface area contributed by atoms with E-state index in [4.69, 9.17) is 4.74 Å². The van der Waals surface area contributed by atoms with Crippen LogP contribution in [-0.4, -0.2) is 40.0 Å². The van der Waals surface area contributed by atoms with Crippen molar-refractivity contribution in [2.24, 2.45) is 0 Å². The number of rotatable bonds is 2. The van der Waals surface area contributed by atoms with Gasteiger partial charge in [-0.05, 0) is 32.0 Å². The van der Waals surface area contributed by atoms with Crippen LogP contribution in [0, 0.1) is 5.82 Å². The number of nitrogens with zero attached hydrogens (tertiary/aromatic N) is 1. The van der Waals surface area contributed by atoms with Gasteiger partial charge in [-0.3, -0.25) is 0 Å². The second-order valence-electron chi connectivity index (χ2n) is 5.05. The molecule has 2 unspecified atom stereocenters. The first-order valence-electron chi connectivity index (χ1n) is 6.17. The van der Waals surface area contributed by atoms with Crippen molar-refractivity contribution in [3.63, 3.8) is 0 Å². The molecule has 1 heterocycles. The summed E-state index contributed by atoms with van der Waals surface area (Å²) in [4.78, 5) is 1.89. The van der Waals surface area contributed by atoms with Gasteiger partial charge in [-0.15, -0.1) is 0 Å². The highest BCUT2D eigenvalue weighted by Crippen LogP contribution is 2.25. The first-order chi connectivity index (χ1) is 8.77. The molecule has 0 aliphatic carbocycles. The molecule has 106 valence electrons. The molecule has 1 saturated heterocycles. The van der Waals surface area contributed by atoms with Gasteiger partial charge in [0.05, 0.1) is 22.8 Å². The molecule has 6 heteroatoms. The van der Waals surface area contributed by atoms with Crippen LogP contribution in [0.4, 0.5) is 10.1 Å².